The number of methoxy groups -OCH3 is 1. The molecule has 0 aromatic heterocycles. The van der Waals surface area contributed by atoms with E-state index in [1.807, 2.05) is 0 Å². The lowest BCUT2D eigenvalue weighted by atomic mass is 10.6. The van der Waals surface area contributed by atoms with Gasteiger partial charge in [0.05, 0.1) is 0 Å². The molecule has 0 fully saturated rings. The van der Waals surface area contributed by atoms with Crippen LogP contribution in [0.4, 0.5) is 0 Å². The molecule has 0 aliphatic rings. The van der Waals surface area contributed by atoms with Gasteiger partial charge in [-0.3, -0.25) is 4.79 Å². The first-order valence-electron chi connectivity index (χ1n) is 2.62. The van der Waals surface area contributed by atoms with E-state index in [1.165, 1.54) is 0 Å². The molecule has 0 aliphatic heterocycles. The molecule has 0 spiro atoms. The number of aliphatic hydroxyl groups is 2. The van der Waals surface area contributed by atoms with Crippen LogP contribution in [0.3, 0.4) is 0 Å². The number of hydrogen-bond donors (Lipinski definition) is 2. The molecule has 0 rings (SSSR count). The van der Waals surface area contributed by atoms with E-state index >= 15 is 0 Å². The molecule has 60 valence electrons. The molecule has 0 aliphatic carbocycles. The van der Waals surface area contributed by atoms with Crippen molar-refractivity contribution in [3.63, 3.8) is 0 Å². The van der Waals surface area contributed by atoms with E-state index in [1.54, 1.807) is 0 Å². The summed E-state index contributed by atoms with van der Waals surface area (Å²) >= 11 is 0. The van der Waals surface area contributed by atoms with Crippen molar-refractivity contribution in [1.82, 2.24) is 0 Å². The van der Waals surface area contributed by atoms with E-state index in [4.69, 9.17) is 10.2 Å². The van der Waals surface area contributed by atoms with E-state index in [0.717, 1.165) is 14.0 Å². The average Bonchev–Trinajstić information content (AvgIpc) is 1.87. The number of hydrogen-bond acceptors (Lipinski definition) is 5. The Morgan fingerprint density at radius 3 is 2.30 bits per heavy atom. The van der Waals surface area contributed by atoms with Crippen molar-refractivity contribution in [2.24, 2.45) is 0 Å². The topological polar surface area (TPSA) is 76.0 Å². The molecular weight excluding hydrogens is 140 g/mol. The molecule has 0 aromatic carbocycles. The molecule has 5 heteroatoms. The summed E-state index contributed by atoms with van der Waals surface area (Å²) in [5.74, 6) is -2.91. The normalized spacial score (nSPS) is 16.0. The molecule has 0 saturated heterocycles. The van der Waals surface area contributed by atoms with Crippen LogP contribution in [0.25, 0.3) is 0 Å². The average molecular weight is 150 g/mol. The Hall–Kier alpha value is -0.650. The van der Waals surface area contributed by atoms with Crippen LogP contribution in [0.1, 0.15) is 6.92 Å². The van der Waals surface area contributed by atoms with Crippen LogP contribution in [0.15, 0.2) is 0 Å². The van der Waals surface area contributed by atoms with Gasteiger partial charge in [0.15, 0.2) is 0 Å². The molecule has 0 heterocycles. The van der Waals surface area contributed by atoms with E-state index in [0.29, 0.717) is 0 Å². The Morgan fingerprint density at radius 2 is 2.20 bits per heavy atom. The summed E-state index contributed by atoms with van der Waals surface area (Å²) in [7, 11) is 1.11. The van der Waals surface area contributed by atoms with E-state index in [2.05, 4.69) is 9.47 Å². The first-order chi connectivity index (χ1) is 4.54. The molecule has 1 unspecified atom stereocenters. The van der Waals surface area contributed by atoms with Gasteiger partial charge in [-0.2, -0.15) is 0 Å². The van der Waals surface area contributed by atoms with Crippen LogP contribution in [-0.2, 0) is 14.3 Å². The van der Waals surface area contributed by atoms with Gasteiger partial charge >= 0.3 is 11.9 Å². The molecule has 0 bridgehead atoms. The fraction of sp³-hybridized carbons (Fsp3) is 0.800. The second kappa shape index (κ2) is 3.50. The predicted octanol–water partition coefficient (Wildman–Crippen LogP) is -1.17. The monoisotopic (exact) mass is 150 g/mol. The van der Waals surface area contributed by atoms with Gasteiger partial charge in [-0.1, -0.05) is 0 Å². The first-order valence-corrected chi connectivity index (χ1v) is 2.62. The summed E-state index contributed by atoms with van der Waals surface area (Å²) in [4.78, 5) is 10.2. The second-order valence-corrected chi connectivity index (χ2v) is 1.67. The zero-order chi connectivity index (χ0) is 8.20. The van der Waals surface area contributed by atoms with Crippen LogP contribution in [0, 0.1) is 0 Å². The third-order valence-corrected chi connectivity index (χ3v) is 0.822. The molecule has 10 heavy (non-hydrogen) atoms. The summed E-state index contributed by atoms with van der Waals surface area (Å²) in [5, 5.41) is 17.3. The SMILES string of the molecule is COC(O)(CO)OC(C)=O. The van der Waals surface area contributed by atoms with Gasteiger partial charge < -0.3 is 19.7 Å². The maximum Gasteiger partial charge on any atom is 0.350 e. The van der Waals surface area contributed by atoms with Crippen LogP contribution in [-0.4, -0.2) is 35.9 Å². The Labute approximate surface area is 58.2 Å². The van der Waals surface area contributed by atoms with Crippen LogP contribution >= 0.6 is 0 Å². The number of esters is 1. The Balaban J connectivity index is 3.92. The highest BCUT2D eigenvalue weighted by atomic mass is 16.8. The minimum atomic E-state index is -2.19. The molecular formula is C5H10O5. The highest BCUT2D eigenvalue weighted by Gasteiger charge is 2.28. The third-order valence-electron chi connectivity index (χ3n) is 0.822. The van der Waals surface area contributed by atoms with E-state index < -0.39 is 18.5 Å². The molecule has 5 nitrogen and oxygen atoms in total. The van der Waals surface area contributed by atoms with E-state index in [-0.39, 0.29) is 0 Å². The van der Waals surface area contributed by atoms with Crippen LogP contribution in [0.5, 0.6) is 0 Å². The third kappa shape index (κ3) is 2.77. The highest BCUT2D eigenvalue weighted by Crippen LogP contribution is 2.05. The zero-order valence-electron chi connectivity index (χ0n) is 5.83. The van der Waals surface area contributed by atoms with E-state index in [9.17, 15) is 4.79 Å². The van der Waals surface area contributed by atoms with Gasteiger partial charge in [-0.15, -0.1) is 0 Å². The number of carbonyl (C=O) groups excluding carboxylic acids is 1. The molecule has 1 atom stereocenters. The summed E-state index contributed by atoms with van der Waals surface area (Å²) in [6, 6.07) is 0. The minimum absolute atomic E-state index is 0.724. The second-order valence-electron chi connectivity index (χ2n) is 1.67. The number of aliphatic hydroxyl groups excluding tert-OH is 1. The largest absolute Gasteiger partial charge is 0.406 e. The summed E-state index contributed by atoms with van der Waals surface area (Å²) in [6.07, 6.45) is 0. The lowest BCUT2D eigenvalue weighted by Gasteiger charge is -2.21. The van der Waals surface area contributed by atoms with Gasteiger partial charge in [-0.05, 0) is 0 Å². The Kier molecular flexibility index (Phi) is 3.27. The van der Waals surface area contributed by atoms with Gasteiger partial charge in [-0.25, -0.2) is 0 Å². The smallest absolute Gasteiger partial charge is 0.350 e. The summed E-state index contributed by atoms with van der Waals surface area (Å²) in [5.41, 5.74) is 0. The number of rotatable bonds is 3. The van der Waals surface area contributed by atoms with Gasteiger partial charge in [0.25, 0.3) is 0 Å². The van der Waals surface area contributed by atoms with Crippen molar-refractivity contribution in [3.05, 3.63) is 0 Å². The number of ether oxygens (including phenoxy) is 2. The fourth-order valence-electron chi connectivity index (χ4n) is 0.363. The fourth-order valence-corrected chi connectivity index (χ4v) is 0.363. The van der Waals surface area contributed by atoms with Crippen molar-refractivity contribution < 1.29 is 24.5 Å². The predicted molar refractivity (Wildman–Crippen MR) is 30.8 cm³/mol. The number of carbonyl (C=O) groups is 1. The molecule has 0 radical (unpaired) electrons. The summed E-state index contributed by atoms with van der Waals surface area (Å²) in [6.45, 7) is 0.308. The maximum absolute atomic E-state index is 10.2. The molecule has 0 amide bonds. The van der Waals surface area contributed by atoms with Gasteiger partial charge in [0, 0.05) is 14.0 Å². The van der Waals surface area contributed by atoms with Crippen LogP contribution < -0.4 is 0 Å². The summed E-state index contributed by atoms with van der Waals surface area (Å²) < 4.78 is 8.44. The molecule has 0 saturated carbocycles. The first kappa shape index (κ1) is 9.35. The lowest BCUT2D eigenvalue weighted by molar-refractivity contribution is -0.343. The van der Waals surface area contributed by atoms with Crippen molar-refractivity contribution in [2.75, 3.05) is 13.7 Å². The van der Waals surface area contributed by atoms with Crippen molar-refractivity contribution in [3.8, 4) is 0 Å². The Morgan fingerprint density at radius 1 is 1.70 bits per heavy atom. The molecule has 0 aromatic rings. The highest BCUT2D eigenvalue weighted by molar-refractivity contribution is 5.66. The maximum atomic E-state index is 10.2. The van der Waals surface area contributed by atoms with Gasteiger partial charge in [0.2, 0.25) is 0 Å². The molecule has 2 N–H and O–H groups in total. The standard InChI is InChI=1S/C5H10O5/c1-4(7)10-5(8,3-6)9-2/h6,8H,3H2,1-2H3. The van der Waals surface area contributed by atoms with Crippen molar-refractivity contribution in [2.45, 2.75) is 12.9 Å². The van der Waals surface area contributed by atoms with Crippen LogP contribution in [0.2, 0.25) is 0 Å². The lowest BCUT2D eigenvalue weighted by Crippen LogP contribution is -2.40. The minimum Gasteiger partial charge on any atom is -0.406 e. The van der Waals surface area contributed by atoms with Crippen molar-refractivity contribution in [1.29, 1.82) is 0 Å². The Bertz CT molecular complexity index is 117. The zero-order valence-corrected chi connectivity index (χ0v) is 5.83. The quantitative estimate of drug-likeness (QED) is 0.392. The van der Waals surface area contributed by atoms with Gasteiger partial charge in [0.1, 0.15) is 6.61 Å². The van der Waals surface area contributed by atoms with Crippen molar-refractivity contribution >= 4 is 5.97 Å².